The van der Waals surface area contributed by atoms with Crippen LogP contribution in [0.2, 0.25) is 0 Å². The lowest BCUT2D eigenvalue weighted by Crippen LogP contribution is -2.34. The van der Waals surface area contributed by atoms with Gasteiger partial charge in [0.15, 0.2) is 0 Å². The highest BCUT2D eigenvalue weighted by Crippen LogP contribution is 2.22. The maximum absolute atomic E-state index is 3.55. The van der Waals surface area contributed by atoms with Crippen molar-refractivity contribution in [2.75, 3.05) is 33.7 Å². The largest absolute Gasteiger partial charge is 0.309 e. The summed E-state index contributed by atoms with van der Waals surface area (Å²) in [6.45, 7) is 4.84. The first-order valence-electron chi connectivity index (χ1n) is 7.25. The summed E-state index contributed by atoms with van der Waals surface area (Å²) in [6, 6.07) is 8.68. The van der Waals surface area contributed by atoms with Crippen LogP contribution in [0.5, 0.6) is 0 Å². The molecule has 3 heteroatoms. The Hall–Kier alpha value is -0.380. The molecule has 1 aromatic rings. The minimum absolute atomic E-state index is 0.932. The van der Waals surface area contributed by atoms with Gasteiger partial charge in [-0.2, -0.15) is 0 Å². The molecular formula is C16H25BrN2. The molecule has 1 aromatic carbocycles. The number of halogens is 1. The van der Waals surface area contributed by atoms with Crippen molar-refractivity contribution in [2.45, 2.75) is 25.8 Å². The molecule has 0 atom stereocenters. The SMILES string of the molecule is CN(C)CCC1CCN(Cc2cccc(Br)c2)CC1. The van der Waals surface area contributed by atoms with E-state index in [9.17, 15) is 0 Å². The van der Waals surface area contributed by atoms with Crippen LogP contribution in [0.25, 0.3) is 0 Å². The Bertz CT molecular complexity index is 384. The fraction of sp³-hybridized carbons (Fsp3) is 0.625. The zero-order valence-corrected chi connectivity index (χ0v) is 13.7. The number of benzene rings is 1. The first-order chi connectivity index (χ1) is 9.13. The van der Waals surface area contributed by atoms with Crippen molar-refractivity contribution in [1.82, 2.24) is 9.80 Å². The van der Waals surface area contributed by atoms with Crippen molar-refractivity contribution in [3.63, 3.8) is 0 Å². The highest BCUT2D eigenvalue weighted by atomic mass is 79.9. The topological polar surface area (TPSA) is 6.48 Å². The quantitative estimate of drug-likeness (QED) is 0.816. The molecule has 0 aromatic heterocycles. The van der Waals surface area contributed by atoms with Gasteiger partial charge in [-0.05, 0) is 76.6 Å². The van der Waals surface area contributed by atoms with E-state index >= 15 is 0 Å². The van der Waals surface area contributed by atoms with Crippen LogP contribution in [0.4, 0.5) is 0 Å². The van der Waals surface area contributed by atoms with E-state index in [-0.39, 0.29) is 0 Å². The van der Waals surface area contributed by atoms with E-state index in [4.69, 9.17) is 0 Å². The van der Waals surface area contributed by atoms with E-state index in [0.717, 1.165) is 12.5 Å². The lowest BCUT2D eigenvalue weighted by atomic mass is 9.93. The molecule has 1 aliphatic rings. The number of hydrogen-bond acceptors (Lipinski definition) is 2. The molecule has 1 fully saturated rings. The van der Waals surface area contributed by atoms with Gasteiger partial charge in [-0.3, -0.25) is 4.90 Å². The van der Waals surface area contributed by atoms with Crippen LogP contribution in [0, 0.1) is 5.92 Å². The Labute approximate surface area is 125 Å². The lowest BCUT2D eigenvalue weighted by molar-refractivity contribution is 0.166. The highest BCUT2D eigenvalue weighted by Gasteiger charge is 2.19. The first kappa shape index (κ1) is 15.0. The number of piperidine rings is 1. The summed E-state index contributed by atoms with van der Waals surface area (Å²) >= 11 is 3.55. The molecule has 19 heavy (non-hydrogen) atoms. The van der Waals surface area contributed by atoms with E-state index in [2.05, 4.69) is 64.1 Å². The Morgan fingerprint density at radius 3 is 2.63 bits per heavy atom. The molecule has 0 N–H and O–H groups in total. The molecule has 2 rings (SSSR count). The van der Waals surface area contributed by atoms with Crippen molar-refractivity contribution >= 4 is 15.9 Å². The molecule has 0 saturated carbocycles. The normalized spacial score (nSPS) is 18.1. The molecule has 1 heterocycles. The highest BCUT2D eigenvalue weighted by molar-refractivity contribution is 9.10. The van der Waals surface area contributed by atoms with Crippen LogP contribution in [0.1, 0.15) is 24.8 Å². The molecule has 0 aliphatic carbocycles. The van der Waals surface area contributed by atoms with Gasteiger partial charge in [0.25, 0.3) is 0 Å². The van der Waals surface area contributed by atoms with Crippen molar-refractivity contribution < 1.29 is 0 Å². The Morgan fingerprint density at radius 2 is 2.00 bits per heavy atom. The van der Waals surface area contributed by atoms with Gasteiger partial charge in [-0.1, -0.05) is 28.1 Å². The molecule has 0 unspecified atom stereocenters. The number of hydrogen-bond donors (Lipinski definition) is 0. The Balaban J connectivity index is 1.74. The van der Waals surface area contributed by atoms with Gasteiger partial charge in [0.05, 0.1) is 0 Å². The number of likely N-dealkylation sites (tertiary alicyclic amines) is 1. The monoisotopic (exact) mass is 324 g/mol. The molecule has 0 radical (unpaired) electrons. The molecule has 2 nitrogen and oxygen atoms in total. The van der Waals surface area contributed by atoms with Gasteiger partial charge in [0.2, 0.25) is 0 Å². The molecule has 0 bridgehead atoms. The average Bonchev–Trinajstić information content (AvgIpc) is 2.38. The van der Waals surface area contributed by atoms with Gasteiger partial charge in [0, 0.05) is 11.0 Å². The second-order valence-electron chi connectivity index (χ2n) is 5.94. The number of rotatable bonds is 5. The zero-order valence-electron chi connectivity index (χ0n) is 12.1. The van der Waals surface area contributed by atoms with E-state index in [0.29, 0.717) is 0 Å². The minimum atomic E-state index is 0.932. The third kappa shape index (κ3) is 5.25. The van der Waals surface area contributed by atoms with Crippen LogP contribution in [0.15, 0.2) is 28.7 Å². The van der Waals surface area contributed by atoms with Crippen LogP contribution >= 0.6 is 15.9 Å². The summed E-state index contributed by atoms with van der Waals surface area (Å²) in [5, 5.41) is 0. The van der Waals surface area contributed by atoms with Gasteiger partial charge >= 0.3 is 0 Å². The first-order valence-corrected chi connectivity index (χ1v) is 8.04. The van der Waals surface area contributed by atoms with Crippen molar-refractivity contribution in [3.05, 3.63) is 34.3 Å². The second kappa shape index (κ2) is 7.41. The predicted molar refractivity (Wildman–Crippen MR) is 85.3 cm³/mol. The molecule has 0 amide bonds. The van der Waals surface area contributed by atoms with Gasteiger partial charge in [0.1, 0.15) is 0 Å². The van der Waals surface area contributed by atoms with Gasteiger partial charge in [-0.15, -0.1) is 0 Å². The summed E-state index contributed by atoms with van der Waals surface area (Å²) in [6.07, 6.45) is 4.08. The summed E-state index contributed by atoms with van der Waals surface area (Å²) < 4.78 is 1.19. The van der Waals surface area contributed by atoms with E-state index < -0.39 is 0 Å². The van der Waals surface area contributed by atoms with E-state index in [1.165, 1.54) is 48.9 Å². The Kier molecular flexibility index (Phi) is 5.86. The fourth-order valence-electron chi connectivity index (χ4n) is 2.77. The fourth-order valence-corrected chi connectivity index (χ4v) is 3.21. The summed E-state index contributed by atoms with van der Waals surface area (Å²) in [4.78, 5) is 4.89. The molecule has 1 aliphatic heterocycles. The molecule has 1 saturated heterocycles. The minimum Gasteiger partial charge on any atom is -0.309 e. The van der Waals surface area contributed by atoms with E-state index in [1.54, 1.807) is 0 Å². The van der Waals surface area contributed by atoms with Crippen molar-refractivity contribution in [1.29, 1.82) is 0 Å². The predicted octanol–water partition coefficient (Wildman–Crippen LogP) is 3.61. The standard InChI is InChI=1S/C16H25BrN2/c1-18(2)9-6-14-7-10-19(11-8-14)13-15-4-3-5-16(17)12-15/h3-5,12,14H,6-11,13H2,1-2H3. The number of nitrogens with zero attached hydrogens (tertiary/aromatic N) is 2. The maximum Gasteiger partial charge on any atom is 0.0234 e. The van der Waals surface area contributed by atoms with E-state index in [1.807, 2.05) is 0 Å². The molecule has 0 spiro atoms. The maximum atomic E-state index is 3.55. The molecule has 106 valence electrons. The average molecular weight is 325 g/mol. The summed E-state index contributed by atoms with van der Waals surface area (Å²) in [5.41, 5.74) is 1.42. The van der Waals surface area contributed by atoms with Crippen LogP contribution in [-0.2, 0) is 6.54 Å². The third-order valence-corrected chi connectivity index (χ3v) is 4.48. The van der Waals surface area contributed by atoms with Crippen LogP contribution < -0.4 is 0 Å². The summed E-state index contributed by atoms with van der Waals surface area (Å²) in [5.74, 6) is 0.932. The second-order valence-corrected chi connectivity index (χ2v) is 6.86. The van der Waals surface area contributed by atoms with Crippen molar-refractivity contribution in [2.24, 2.45) is 5.92 Å². The van der Waals surface area contributed by atoms with Crippen molar-refractivity contribution in [3.8, 4) is 0 Å². The third-order valence-electron chi connectivity index (χ3n) is 3.99. The van der Waals surface area contributed by atoms with Crippen LogP contribution in [0.3, 0.4) is 0 Å². The van der Waals surface area contributed by atoms with Crippen LogP contribution in [-0.4, -0.2) is 43.5 Å². The smallest absolute Gasteiger partial charge is 0.0234 e. The van der Waals surface area contributed by atoms with Gasteiger partial charge < -0.3 is 4.90 Å². The van der Waals surface area contributed by atoms with Gasteiger partial charge in [-0.25, -0.2) is 0 Å². The molecular weight excluding hydrogens is 300 g/mol. The lowest BCUT2D eigenvalue weighted by Gasteiger charge is -2.32. The zero-order chi connectivity index (χ0) is 13.7. The summed E-state index contributed by atoms with van der Waals surface area (Å²) in [7, 11) is 4.34. The Morgan fingerprint density at radius 1 is 1.26 bits per heavy atom.